The molecule has 6 heteroatoms. The lowest BCUT2D eigenvalue weighted by atomic mass is 10.2. The van der Waals surface area contributed by atoms with Crippen molar-refractivity contribution in [2.24, 2.45) is 0 Å². The van der Waals surface area contributed by atoms with Gasteiger partial charge in [-0.05, 0) is 6.92 Å². The Labute approximate surface area is 102 Å². The minimum Gasteiger partial charge on any atom is -0.394 e. The van der Waals surface area contributed by atoms with Crippen LogP contribution in [-0.2, 0) is 14.3 Å². The van der Waals surface area contributed by atoms with Crippen LogP contribution in [0.2, 0.25) is 0 Å². The number of ether oxygens (including phenoxy) is 2. The molecule has 1 saturated heterocycles. The van der Waals surface area contributed by atoms with Gasteiger partial charge < -0.3 is 24.8 Å². The topological polar surface area (TPSA) is 71.0 Å². The Morgan fingerprint density at radius 2 is 2.41 bits per heavy atom. The van der Waals surface area contributed by atoms with Gasteiger partial charge >= 0.3 is 0 Å². The molecule has 0 aromatic carbocycles. The molecule has 1 atom stereocenters. The van der Waals surface area contributed by atoms with Gasteiger partial charge in [0.25, 0.3) is 5.91 Å². The van der Waals surface area contributed by atoms with Crippen LogP contribution in [-0.4, -0.2) is 74.6 Å². The van der Waals surface area contributed by atoms with Crippen LogP contribution in [0.25, 0.3) is 0 Å². The maximum Gasteiger partial charge on any atom is 0.253 e. The second-order valence-corrected chi connectivity index (χ2v) is 3.82. The molecule has 0 saturated carbocycles. The molecule has 17 heavy (non-hydrogen) atoms. The van der Waals surface area contributed by atoms with Crippen molar-refractivity contribution < 1.29 is 19.4 Å². The van der Waals surface area contributed by atoms with E-state index in [1.54, 1.807) is 4.90 Å². The smallest absolute Gasteiger partial charge is 0.253 e. The molecule has 1 aliphatic rings. The van der Waals surface area contributed by atoms with Gasteiger partial charge in [-0.25, -0.2) is 0 Å². The molecule has 0 spiro atoms. The second kappa shape index (κ2) is 8.41. The first-order valence-electron chi connectivity index (χ1n) is 6.09. The van der Waals surface area contributed by atoms with Crippen LogP contribution in [0.4, 0.5) is 0 Å². The maximum atomic E-state index is 12.0. The molecule has 0 aromatic heterocycles. The Morgan fingerprint density at radius 1 is 1.59 bits per heavy atom. The van der Waals surface area contributed by atoms with E-state index >= 15 is 0 Å². The van der Waals surface area contributed by atoms with E-state index < -0.39 is 0 Å². The Hall–Kier alpha value is -0.690. The zero-order valence-electron chi connectivity index (χ0n) is 10.4. The molecule has 0 radical (unpaired) electrons. The molecule has 6 nitrogen and oxygen atoms in total. The van der Waals surface area contributed by atoms with Crippen molar-refractivity contribution >= 4 is 5.91 Å². The fraction of sp³-hybridized carbons (Fsp3) is 0.909. The van der Waals surface area contributed by atoms with Gasteiger partial charge in [0.15, 0.2) is 0 Å². The minimum atomic E-state index is -0.374. The Bertz CT molecular complexity index is 220. The average Bonchev–Trinajstić information content (AvgIpc) is 2.39. The molecule has 0 bridgehead atoms. The van der Waals surface area contributed by atoms with Crippen LogP contribution in [0, 0.1) is 0 Å². The zero-order chi connectivity index (χ0) is 12.5. The number of carbonyl (C=O) groups excluding carboxylic acids is 1. The normalized spacial score (nSPS) is 20.2. The van der Waals surface area contributed by atoms with Gasteiger partial charge in [0.1, 0.15) is 6.10 Å². The molecule has 1 heterocycles. The molecule has 1 amide bonds. The van der Waals surface area contributed by atoms with E-state index in [9.17, 15) is 4.79 Å². The van der Waals surface area contributed by atoms with Crippen molar-refractivity contribution in [2.45, 2.75) is 13.0 Å². The van der Waals surface area contributed by atoms with Gasteiger partial charge in [-0.15, -0.1) is 0 Å². The first-order chi connectivity index (χ1) is 8.29. The van der Waals surface area contributed by atoms with Crippen LogP contribution in [0.15, 0.2) is 0 Å². The predicted molar refractivity (Wildman–Crippen MR) is 62.8 cm³/mol. The third kappa shape index (κ3) is 4.99. The second-order valence-electron chi connectivity index (χ2n) is 3.82. The number of aliphatic hydroxyl groups is 1. The molecule has 2 N–H and O–H groups in total. The highest BCUT2D eigenvalue weighted by Gasteiger charge is 2.25. The molecular formula is C11H22N2O4. The lowest BCUT2D eigenvalue weighted by Crippen LogP contribution is -2.50. The van der Waals surface area contributed by atoms with Crippen molar-refractivity contribution in [1.29, 1.82) is 0 Å². The highest BCUT2D eigenvalue weighted by molar-refractivity contribution is 5.81. The van der Waals surface area contributed by atoms with Crippen molar-refractivity contribution in [2.75, 3.05) is 52.6 Å². The molecule has 100 valence electrons. The zero-order valence-corrected chi connectivity index (χ0v) is 10.4. The number of nitrogens with zero attached hydrogens (tertiary/aromatic N) is 1. The molecule has 1 aliphatic heterocycles. The van der Waals surface area contributed by atoms with Crippen molar-refractivity contribution in [3.63, 3.8) is 0 Å². The van der Waals surface area contributed by atoms with Crippen LogP contribution >= 0.6 is 0 Å². The Morgan fingerprint density at radius 3 is 3.00 bits per heavy atom. The van der Waals surface area contributed by atoms with Crippen LogP contribution in [0.5, 0.6) is 0 Å². The number of nitrogens with one attached hydrogen (secondary N) is 1. The van der Waals surface area contributed by atoms with Gasteiger partial charge in [0.2, 0.25) is 0 Å². The van der Waals surface area contributed by atoms with E-state index in [0.29, 0.717) is 39.5 Å². The monoisotopic (exact) mass is 246 g/mol. The summed E-state index contributed by atoms with van der Waals surface area (Å²) in [6, 6.07) is 0. The molecule has 1 rings (SSSR count). The van der Waals surface area contributed by atoms with E-state index in [0.717, 1.165) is 6.54 Å². The molecular weight excluding hydrogens is 224 g/mol. The number of aliphatic hydroxyl groups excluding tert-OH is 1. The minimum absolute atomic E-state index is 0.00676. The highest BCUT2D eigenvalue weighted by atomic mass is 16.5. The summed E-state index contributed by atoms with van der Waals surface area (Å²) in [5, 5.41) is 11.7. The first kappa shape index (κ1) is 14.4. The van der Waals surface area contributed by atoms with E-state index in [-0.39, 0.29) is 18.6 Å². The Balaban J connectivity index is 2.29. The van der Waals surface area contributed by atoms with E-state index in [1.165, 1.54) is 0 Å². The van der Waals surface area contributed by atoms with E-state index in [2.05, 4.69) is 5.32 Å². The quantitative estimate of drug-likeness (QED) is 0.554. The van der Waals surface area contributed by atoms with Gasteiger partial charge in [-0.3, -0.25) is 4.79 Å². The number of rotatable bonds is 7. The van der Waals surface area contributed by atoms with Crippen molar-refractivity contribution in [1.82, 2.24) is 10.2 Å². The number of hydrogen-bond donors (Lipinski definition) is 2. The number of likely N-dealkylation sites (N-methyl/N-ethyl adjacent to an activating group) is 1. The van der Waals surface area contributed by atoms with Crippen molar-refractivity contribution in [3.8, 4) is 0 Å². The maximum absolute atomic E-state index is 12.0. The summed E-state index contributed by atoms with van der Waals surface area (Å²) < 4.78 is 10.6. The highest BCUT2D eigenvalue weighted by Crippen LogP contribution is 2.02. The predicted octanol–water partition coefficient (Wildman–Crippen LogP) is -1.17. The summed E-state index contributed by atoms with van der Waals surface area (Å²) in [7, 11) is 0. The molecule has 1 fully saturated rings. The van der Waals surface area contributed by atoms with Gasteiger partial charge in [0.05, 0.1) is 26.4 Å². The fourth-order valence-corrected chi connectivity index (χ4v) is 1.69. The third-order valence-electron chi connectivity index (χ3n) is 2.64. The van der Waals surface area contributed by atoms with Gasteiger partial charge in [-0.1, -0.05) is 0 Å². The summed E-state index contributed by atoms with van der Waals surface area (Å²) >= 11 is 0. The SMILES string of the molecule is CCN(CCOCCO)C(=O)C1CNCCO1. The summed E-state index contributed by atoms with van der Waals surface area (Å²) in [4.78, 5) is 13.8. The Kier molecular flexibility index (Phi) is 7.11. The van der Waals surface area contributed by atoms with E-state index in [1.807, 2.05) is 6.92 Å². The molecule has 0 aliphatic carbocycles. The number of carbonyl (C=O) groups is 1. The molecule has 0 aromatic rings. The fourth-order valence-electron chi connectivity index (χ4n) is 1.69. The lowest BCUT2D eigenvalue weighted by molar-refractivity contribution is -0.145. The third-order valence-corrected chi connectivity index (χ3v) is 2.64. The van der Waals surface area contributed by atoms with Crippen LogP contribution < -0.4 is 5.32 Å². The van der Waals surface area contributed by atoms with Gasteiger partial charge in [0, 0.05) is 26.2 Å². The number of hydrogen-bond acceptors (Lipinski definition) is 5. The van der Waals surface area contributed by atoms with Gasteiger partial charge in [-0.2, -0.15) is 0 Å². The summed E-state index contributed by atoms with van der Waals surface area (Å²) in [5.74, 6) is 0.00676. The van der Waals surface area contributed by atoms with E-state index in [4.69, 9.17) is 14.6 Å². The first-order valence-corrected chi connectivity index (χ1v) is 6.09. The van der Waals surface area contributed by atoms with Crippen LogP contribution in [0.3, 0.4) is 0 Å². The molecule has 1 unspecified atom stereocenters. The lowest BCUT2D eigenvalue weighted by Gasteiger charge is -2.29. The summed E-state index contributed by atoms with van der Waals surface area (Å²) in [6.07, 6.45) is -0.374. The summed E-state index contributed by atoms with van der Waals surface area (Å²) in [5.41, 5.74) is 0. The standard InChI is InChI=1S/C11H22N2O4/c1-2-13(4-7-16-8-5-14)11(15)10-9-12-3-6-17-10/h10,12,14H,2-9H2,1H3. The average molecular weight is 246 g/mol. The van der Waals surface area contributed by atoms with Crippen LogP contribution in [0.1, 0.15) is 6.92 Å². The summed E-state index contributed by atoms with van der Waals surface area (Å²) in [6.45, 7) is 5.83. The number of amides is 1. The van der Waals surface area contributed by atoms with Crippen molar-refractivity contribution in [3.05, 3.63) is 0 Å². The largest absolute Gasteiger partial charge is 0.394 e. The number of morpholine rings is 1.